The number of rotatable bonds is 8. The lowest BCUT2D eigenvalue weighted by atomic mass is 10.2. The third-order valence-corrected chi connectivity index (χ3v) is 3.49. The highest BCUT2D eigenvalue weighted by Gasteiger charge is 2.23. The molecule has 138 valence electrons. The van der Waals surface area contributed by atoms with Gasteiger partial charge < -0.3 is 10.6 Å². The van der Waals surface area contributed by atoms with Crippen LogP contribution in [0.1, 0.15) is 5.69 Å². The highest BCUT2D eigenvalue weighted by molar-refractivity contribution is 5.65. The Bertz CT molecular complexity index is 878. The van der Waals surface area contributed by atoms with Gasteiger partial charge in [-0.1, -0.05) is 0 Å². The number of nitrogens with zero attached hydrogens (tertiary/aromatic N) is 5. The topological polar surface area (TPSA) is 171 Å². The zero-order chi connectivity index (χ0) is 19.4. The van der Waals surface area contributed by atoms with Crippen LogP contribution in [0.25, 0.3) is 0 Å². The van der Waals surface area contributed by atoms with Crippen LogP contribution >= 0.6 is 0 Å². The van der Waals surface area contributed by atoms with Crippen LogP contribution in [0, 0.1) is 37.3 Å². The predicted octanol–water partition coefficient (Wildman–Crippen LogP) is 1.98. The summed E-state index contributed by atoms with van der Waals surface area (Å²) in [5.41, 5.74) is -0.589. The van der Waals surface area contributed by atoms with Crippen LogP contribution in [0.3, 0.4) is 0 Å². The Labute approximate surface area is 146 Å². The number of aromatic nitrogens is 2. The fourth-order valence-electron chi connectivity index (χ4n) is 2.38. The molecule has 13 heteroatoms. The van der Waals surface area contributed by atoms with Gasteiger partial charge in [0.25, 0.3) is 11.4 Å². The third kappa shape index (κ3) is 3.82. The summed E-state index contributed by atoms with van der Waals surface area (Å²) in [6.45, 7) is 1.90. The number of nitro groups is 3. The normalized spacial score (nSPS) is 10.4. The predicted molar refractivity (Wildman–Crippen MR) is 91.3 cm³/mol. The molecular formula is C13H15N7O6. The quantitative estimate of drug-likeness (QED) is 0.403. The Hall–Kier alpha value is -3.77. The first-order valence-corrected chi connectivity index (χ1v) is 7.31. The van der Waals surface area contributed by atoms with Crippen molar-refractivity contribution in [2.75, 3.05) is 23.7 Å². The number of hydrogen-bond acceptors (Lipinski definition) is 9. The fraction of sp³-hybridized carbons (Fsp3) is 0.308. The maximum absolute atomic E-state index is 11.1. The molecule has 2 aromatic rings. The lowest BCUT2D eigenvalue weighted by Gasteiger charge is -2.09. The summed E-state index contributed by atoms with van der Waals surface area (Å²) in [6.07, 6.45) is 0. The van der Waals surface area contributed by atoms with Crippen molar-refractivity contribution in [3.8, 4) is 0 Å². The second-order valence-corrected chi connectivity index (χ2v) is 5.23. The van der Waals surface area contributed by atoms with Gasteiger partial charge in [0.2, 0.25) is 5.82 Å². The Morgan fingerprint density at radius 1 is 1.04 bits per heavy atom. The van der Waals surface area contributed by atoms with E-state index < -0.39 is 20.5 Å². The molecule has 0 saturated heterocycles. The van der Waals surface area contributed by atoms with Crippen molar-refractivity contribution in [1.29, 1.82) is 0 Å². The van der Waals surface area contributed by atoms with Crippen LogP contribution in [0.5, 0.6) is 0 Å². The van der Waals surface area contributed by atoms with Crippen LogP contribution < -0.4 is 10.6 Å². The number of nitrogens with one attached hydrogen (secondary N) is 2. The highest BCUT2D eigenvalue weighted by Crippen LogP contribution is 2.29. The van der Waals surface area contributed by atoms with Crippen LogP contribution in [-0.2, 0) is 7.05 Å². The minimum atomic E-state index is -0.724. The first kappa shape index (κ1) is 18.6. The molecule has 0 radical (unpaired) electrons. The largest absolute Gasteiger partial charge is 0.378 e. The first-order chi connectivity index (χ1) is 12.2. The van der Waals surface area contributed by atoms with E-state index in [4.69, 9.17) is 0 Å². The maximum Gasteiger partial charge on any atom is 0.333 e. The summed E-state index contributed by atoms with van der Waals surface area (Å²) in [5.74, 6) is 0.215. The third-order valence-electron chi connectivity index (χ3n) is 3.49. The summed E-state index contributed by atoms with van der Waals surface area (Å²) in [4.78, 5) is 30.9. The standard InChI is InChI=1S/C13H15N7O6/c1-8-12(20(25)26)13(17(2)16-8)15-6-5-14-10-4-3-9(18(21)22)7-11(10)19(23)24/h3-4,7,14-15H,5-6H2,1-2H3. The summed E-state index contributed by atoms with van der Waals surface area (Å²) in [5, 5.41) is 42.5. The Balaban J connectivity index is 2.06. The van der Waals surface area contributed by atoms with E-state index in [1.807, 2.05) is 0 Å². The molecule has 26 heavy (non-hydrogen) atoms. The molecule has 0 aliphatic rings. The van der Waals surface area contributed by atoms with Gasteiger partial charge in [0.15, 0.2) is 0 Å². The molecule has 0 fully saturated rings. The van der Waals surface area contributed by atoms with Crippen molar-refractivity contribution < 1.29 is 14.8 Å². The zero-order valence-electron chi connectivity index (χ0n) is 13.8. The van der Waals surface area contributed by atoms with Crippen molar-refractivity contribution in [1.82, 2.24) is 9.78 Å². The molecule has 0 atom stereocenters. The minimum Gasteiger partial charge on any atom is -0.378 e. The summed E-state index contributed by atoms with van der Waals surface area (Å²) in [6, 6.07) is 3.26. The van der Waals surface area contributed by atoms with Gasteiger partial charge in [0, 0.05) is 26.2 Å². The Kier molecular flexibility index (Phi) is 5.30. The van der Waals surface area contributed by atoms with Gasteiger partial charge in [-0.05, 0) is 13.0 Å². The number of anilines is 2. The monoisotopic (exact) mass is 365 g/mol. The molecule has 0 saturated carbocycles. The highest BCUT2D eigenvalue weighted by atomic mass is 16.6. The van der Waals surface area contributed by atoms with Crippen molar-refractivity contribution in [2.24, 2.45) is 7.05 Å². The fourth-order valence-corrected chi connectivity index (χ4v) is 2.38. The molecular weight excluding hydrogens is 350 g/mol. The van der Waals surface area contributed by atoms with Gasteiger partial charge >= 0.3 is 5.69 Å². The van der Waals surface area contributed by atoms with Gasteiger partial charge in [0.1, 0.15) is 11.4 Å². The number of hydrogen-bond donors (Lipinski definition) is 2. The van der Waals surface area contributed by atoms with E-state index >= 15 is 0 Å². The molecule has 13 nitrogen and oxygen atoms in total. The maximum atomic E-state index is 11.1. The Morgan fingerprint density at radius 3 is 2.27 bits per heavy atom. The first-order valence-electron chi connectivity index (χ1n) is 7.31. The second kappa shape index (κ2) is 7.42. The van der Waals surface area contributed by atoms with Gasteiger partial charge in [-0.15, -0.1) is 0 Å². The van der Waals surface area contributed by atoms with Crippen molar-refractivity contribution >= 4 is 28.6 Å². The molecule has 0 aliphatic heterocycles. The zero-order valence-corrected chi connectivity index (χ0v) is 13.8. The van der Waals surface area contributed by atoms with Gasteiger partial charge in [-0.3, -0.25) is 30.3 Å². The van der Waals surface area contributed by atoms with E-state index in [0.29, 0.717) is 0 Å². The smallest absolute Gasteiger partial charge is 0.333 e. The van der Waals surface area contributed by atoms with Crippen molar-refractivity contribution in [3.63, 3.8) is 0 Å². The van der Waals surface area contributed by atoms with Crippen LogP contribution in [-0.4, -0.2) is 37.6 Å². The average Bonchev–Trinajstić information content (AvgIpc) is 2.84. The van der Waals surface area contributed by atoms with Gasteiger partial charge in [-0.2, -0.15) is 5.10 Å². The minimum absolute atomic E-state index is 0.109. The number of nitro benzene ring substituents is 2. The van der Waals surface area contributed by atoms with Crippen LogP contribution in [0.2, 0.25) is 0 Å². The molecule has 2 rings (SSSR count). The molecule has 0 amide bonds. The molecule has 1 aromatic heterocycles. The lowest BCUT2D eigenvalue weighted by molar-refractivity contribution is -0.393. The average molecular weight is 365 g/mol. The molecule has 2 N–H and O–H groups in total. The molecule has 1 aromatic carbocycles. The van der Waals surface area contributed by atoms with E-state index in [-0.39, 0.29) is 41.7 Å². The Morgan fingerprint density at radius 2 is 1.69 bits per heavy atom. The van der Waals surface area contributed by atoms with Gasteiger partial charge in [0.05, 0.1) is 20.8 Å². The van der Waals surface area contributed by atoms with E-state index in [1.54, 1.807) is 7.05 Å². The molecule has 0 aliphatic carbocycles. The lowest BCUT2D eigenvalue weighted by Crippen LogP contribution is -2.16. The van der Waals surface area contributed by atoms with E-state index in [1.165, 1.54) is 17.7 Å². The van der Waals surface area contributed by atoms with Crippen LogP contribution in [0.4, 0.5) is 28.6 Å². The number of aryl methyl sites for hydroxylation is 2. The van der Waals surface area contributed by atoms with Crippen molar-refractivity contribution in [3.05, 3.63) is 54.2 Å². The number of non-ortho nitro benzene ring substituents is 1. The molecule has 0 bridgehead atoms. The molecule has 1 heterocycles. The van der Waals surface area contributed by atoms with E-state index in [2.05, 4.69) is 15.7 Å². The summed E-state index contributed by atoms with van der Waals surface area (Å²) in [7, 11) is 1.55. The summed E-state index contributed by atoms with van der Waals surface area (Å²) < 4.78 is 1.34. The second-order valence-electron chi connectivity index (χ2n) is 5.23. The molecule has 0 unspecified atom stereocenters. The summed E-state index contributed by atoms with van der Waals surface area (Å²) >= 11 is 0. The molecule has 0 spiro atoms. The SMILES string of the molecule is Cc1nn(C)c(NCCNc2ccc([N+](=O)[O-])cc2[N+](=O)[O-])c1[N+](=O)[O-]. The van der Waals surface area contributed by atoms with E-state index in [0.717, 1.165) is 12.1 Å². The van der Waals surface area contributed by atoms with Crippen molar-refractivity contribution in [2.45, 2.75) is 6.92 Å². The number of benzene rings is 1. The van der Waals surface area contributed by atoms with Gasteiger partial charge in [-0.25, -0.2) is 4.68 Å². The van der Waals surface area contributed by atoms with E-state index in [9.17, 15) is 30.3 Å². The van der Waals surface area contributed by atoms with Crippen LogP contribution in [0.15, 0.2) is 18.2 Å².